The van der Waals surface area contributed by atoms with Crippen LogP contribution >= 0.6 is 0 Å². The molecule has 0 aliphatic rings. The molecule has 150 valence electrons. The SMILES string of the molecule is CN(C)S(=O)(=O)c1ccc(NC(=O)c2cccc(OCc3ccccc3)c2)cc1. The van der Waals surface area contributed by atoms with E-state index in [9.17, 15) is 13.2 Å². The van der Waals surface area contributed by atoms with Gasteiger partial charge in [-0.15, -0.1) is 0 Å². The molecule has 3 aromatic rings. The summed E-state index contributed by atoms with van der Waals surface area (Å²) in [5.74, 6) is 0.285. The Morgan fingerprint density at radius 1 is 0.931 bits per heavy atom. The molecule has 3 aromatic carbocycles. The highest BCUT2D eigenvalue weighted by atomic mass is 32.2. The highest BCUT2D eigenvalue weighted by Gasteiger charge is 2.17. The standard InChI is InChI=1S/C22H22N2O4S/c1-24(2)29(26,27)21-13-11-19(12-14-21)23-22(25)18-9-6-10-20(15-18)28-16-17-7-4-3-5-8-17/h3-15H,16H2,1-2H3,(H,23,25). The van der Waals surface area contributed by atoms with Gasteiger partial charge in [-0.25, -0.2) is 12.7 Å². The van der Waals surface area contributed by atoms with E-state index < -0.39 is 10.0 Å². The van der Waals surface area contributed by atoms with E-state index in [4.69, 9.17) is 4.74 Å². The molecule has 3 rings (SSSR count). The Kier molecular flexibility index (Phi) is 6.31. The third-order valence-electron chi connectivity index (χ3n) is 4.24. The molecule has 0 bridgehead atoms. The average molecular weight is 410 g/mol. The van der Waals surface area contributed by atoms with E-state index in [1.54, 1.807) is 36.4 Å². The number of hydrogen-bond donors (Lipinski definition) is 1. The van der Waals surface area contributed by atoms with Gasteiger partial charge in [-0.2, -0.15) is 0 Å². The fourth-order valence-corrected chi connectivity index (χ4v) is 3.49. The topological polar surface area (TPSA) is 75.7 Å². The lowest BCUT2D eigenvalue weighted by atomic mass is 10.2. The fourth-order valence-electron chi connectivity index (χ4n) is 2.59. The Labute approximate surface area is 170 Å². The second-order valence-electron chi connectivity index (χ2n) is 6.57. The van der Waals surface area contributed by atoms with Gasteiger partial charge in [0, 0.05) is 25.3 Å². The molecule has 29 heavy (non-hydrogen) atoms. The minimum absolute atomic E-state index is 0.164. The minimum Gasteiger partial charge on any atom is -0.489 e. The molecular weight excluding hydrogens is 388 g/mol. The molecule has 0 heterocycles. The lowest BCUT2D eigenvalue weighted by Gasteiger charge is -2.12. The Balaban J connectivity index is 1.66. The number of hydrogen-bond acceptors (Lipinski definition) is 4. The average Bonchev–Trinajstić information content (AvgIpc) is 2.73. The second kappa shape index (κ2) is 8.89. The summed E-state index contributed by atoms with van der Waals surface area (Å²) < 4.78 is 31.1. The van der Waals surface area contributed by atoms with Crippen LogP contribution in [0.3, 0.4) is 0 Å². The highest BCUT2D eigenvalue weighted by Crippen LogP contribution is 2.19. The molecule has 0 aromatic heterocycles. The lowest BCUT2D eigenvalue weighted by molar-refractivity contribution is 0.102. The maximum absolute atomic E-state index is 12.5. The van der Waals surface area contributed by atoms with Crippen LogP contribution in [0.5, 0.6) is 5.75 Å². The molecule has 0 spiro atoms. The summed E-state index contributed by atoms with van der Waals surface area (Å²) in [7, 11) is -0.565. The summed E-state index contributed by atoms with van der Waals surface area (Å²) >= 11 is 0. The van der Waals surface area contributed by atoms with Crippen molar-refractivity contribution in [2.45, 2.75) is 11.5 Å². The quantitative estimate of drug-likeness (QED) is 0.643. The van der Waals surface area contributed by atoms with Gasteiger partial charge in [-0.05, 0) is 48.0 Å². The van der Waals surface area contributed by atoms with Gasteiger partial charge in [0.05, 0.1) is 4.90 Å². The van der Waals surface area contributed by atoms with E-state index in [-0.39, 0.29) is 10.8 Å². The van der Waals surface area contributed by atoms with E-state index in [2.05, 4.69) is 5.32 Å². The van der Waals surface area contributed by atoms with Crippen molar-refractivity contribution in [2.75, 3.05) is 19.4 Å². The van der Waals surface area contributed by atoms with Gasteiger partial charge >= 0.3 is 0 Å². The molecule has 0 atom stereocenters. The molecule has 0 unspecified atom stereocenters. The smallest absolute Gasteiger partial charge is 0.255 e. The number of carbonyl (C=O) groups is 1. The summed E-state index contributed by atoms with van der Waals surface area (Å²) in [5, 5.41) is 2.76. The van der Waals surface area contributed by atoms with Crippen LogP contribution in [0.1, 0.15) is 15.9 Å². The maximum Gasteiger partial charge on any atom is 0.255 e. The van der Waals surface area contributed by atoms with Crippen LogP contribution in [0.2, 0.25) is 0 Å². The molecular formula is C22H22N2O4S. The Morgan fingerprint density at radius 2 is 1.62 bits per heavy atom. The van der Waals surface area contributed by atoms with E-state index >= 15 is 0 Å². The van der Waals surface area contributed by atoms with Crippen LogP contribution in [-0.4, -0.2) is 32.7 Å². The third kappa shape index (κ3) is 5.22. The number of rotatable bonds is 7. The van der Waals surface area contributed by atoms with Crippen molar-refractivity contribution in [3.63, 3.8) is 0 Å². The van der Waals surface area contributed by atoms with Crippen molar-refractivity contribution in [3.8, 4) is 5.75 Å². The molecule has 1 amide bonds. The summed E-state index contributed by atoms with van der Waals surface area (Å²) in [6.45, 7) is 0.410. The van der Waals surface area contributed by atoms with Crippen molar-refractivity contribution < 1.29 is 17.9 Å². The van der Waals surface area contributed by atoms with Crippen LogP contribution in [-0.2, 0) is 16.6 Å². The van der Waals surface area contributed by atoms with Gasteiger partial charge in [-0.3, -0.25) is 4.79 Å². The van der Waals surface area contributed by atoms with E-state index in [0.29, 0.717) is 23.6 Å². The Bertz CT molecular complexity index is 1080. The molecule has 0 saturated carbocycles. The lowest BCUT2D eigenvalue weighted by Crippen LogP contribution is -2.22. The number of nitrogens with one attached hydrogen (secondary N) is 1. The number of ether oxygens (including phenoxy) is 1. The molecule has 0 radical (unpaired) electrons. The van der Waals surface area contributed by atoms with Crippen molar-refractivity contribution in [3.05, 3.63) is 90.0 Å². The highest BCUT2D eigenvalue weighted by molar-refractivity contribution is 7.89. The zero-order valence-electron chi connectivity index (χ0n) is 16.2. The Morgan fingerprint density at radius 3 is 2.28 bits per heavy atom. The summed E-state index contributed by atoms with van der Waals surface area (Å²) in [6.07, 6.45) is 0. The van der Waals surface area contributed by atoms with Crippen LogP contribution in [0.25, 0.3) is 0 Å². The predicted octanol–water partition coefficient (Wildman–Crippen LogP) is 3.77. The number of anilines is 1. The monoisotopic (exact) mass is 410 g/mol. The van der Waals surface area contributed by atoms with Crippen molar-refractivity contribution >= 4 is 21.6 Å². The number of sulfonamides is 1. The number of amides is 1. The molecule has 7 heteroatoms. The van der Waals surface area contributed by atoms with Gasteiger partial charge in [0.25, 0.3) is 5.91 Å². The van der Waals surface area contributed by atoms with Crippen molar-refractivity contribution in [1.82, 2.24) is 4.31 Å². The first kappa shape index (κ1) is 20.6. The zero-order valence-corrected chi connectivity index (χ0v) is 17.0. The first-order valence-corrected chi connectivity index (χ1v) is 10.4. The van der Waals surface area contributed by atoms with Crippen LogP contribution < -0.4 is 10.1 Å². The molecule has 6 nitrogen and oxygen atoms in total. The normalized spacial score (nSPS) is 11.3. The first-order valence-electron chi connectivity index (χ1n) is 8.97. The maximum atomic E-state index is 12.5. The first-order chi connectivity index (χ1) is 13.9. The fraction of sp³-hybridized carbons (Fsp3) is 0.136. The predicted molar refractivity (Wildman–Crippen MR) is 112 cm³/mol. The van der Waals surface area contributed by atoms with Crippen LogP contribution in [0.4, 0.5) is 5.69 Å². The van der Waals surface area contributed by atoms with E-state index in [0.717, 1.165) is 9.87 Å². The van der Waals surface area contributed by atoms with Crippen molar-refractivity contribution in [2.24, 2.45) is 0 Å². The van der Waals surface area contributed by atoms with Gasteiger partial charge in [0.2, 0.25) is 10.0 Å². The van der Waals surface area contributed by atoms with Crippen LogP contribution in [0.15, 0.2) is 83.8 Å². The number of nitrogens with zero attached hydrogens (tertiary/aromatic N) is 1. The third-order valence-corrected chi connectivity index (χ3v) is 6.06. The summed E-state index contributed by atoms with van der Waals surface area (Å²) in [4.78, 5) is 12.7. The van der Waals surface area contributed by atoms with E-state index in [1.807, 2.05) is 30.3 Å². The molecule has 1 N–H and O–H groups in total. The van der Waals surface area contributed by atoms with Crippen molar-refractivity contribution in [1.29, 1.82) is 0 Å². The summed E-state index contributed by atoms with van der Waals surface area (Å²) in [5.41, 5.74) is 1.99. The molecule has 0 fully saturated rings. The van der Waals surface area contributed by atoms with Gasteiger partial charge in [-0.1, -0.05) is 36.4 Å². The van der Waals surface area contributed by atoms with Gasteiger partial charge in [0.15, 0.2) is 0 Å². The van der Waals surface area contributed by atoms with Gasteiger partial charge < -0.3 is 10.1 Å². The minimum atomic E-state index is -3.51. The second-order valence-corrected chi connectivity index (χ2v) is 8.72. The molecule has 0 aliphatic carbocycles. The van der Waals surface area contributed by atoms with Crippen LogP contribution in [0, 0.1) is 0 Å². The molecule has 0 saturated heterocycles. The Hall–Kier alpha value is -3.16. The zero-order chi connectivity index (χ0) is 20.9. The number of benzene rings is 3. The van der Waals surface area contributed by atoms with Gasteiger partial charge in [0.1, 0.15) is 12.4 Å². The largest absolute Gasteiger partial charge is 0.489 e. The summed E-state index contributed by atoms with van der Waals surface area (Å²) in [6, 6.07) is 22.7. The van der Waals surface area contributed by atoms with E-state index in [1.165, 1.54) is 26.2 Å². The number of carbonyl (C=O) groups excluding carboxylic acids is 1. The molecule has 0 aliphatic heterocycles.